The second-order valence-corrected chi connectivity index (χ2v) is 6.22. The van der Waals surface area contributed by atoms with Crippen molar-refractivity contribution in [2.75, 3.05) is 19.5 Å². The number of amides is 1. The number of carbonyl (C=O) groups is 2. The number of ether oxygens (including phenoxy) is 2. The molecule has 29 heavy (non-hydrogen) atoms. The van der Waals surface area contributed by atoms with Crippen molar-refractivity contribution in [3.05, 3.63) is 83.9 Å². The standard InChI is InChI=1S/C24H21NO4/c1-28-22-12-8-17(14-23(22)29-2)9-13-24(27)25-21-15-19(10-11-20(21)16-26)18-6-4-3-5-7-18/h3-16H,1-2H3,(H,25,27)/b13-9+. The maximum absolute atomic E-state index is 12.4. The van der Waals surface area contributed by atoms with Gasteiger partial charge in [-0.1, -0.05) is 42.5 Å². The zero-order chi connectivity index (χ0) is 20.6. The molecule has 3 aromatic rings. The molecule has 5 nitrogen and oxygen atoms in total. The maximum atomic E-state index is 12.4. The lowest BCUT2D eigenvalue weighted by molar-refractivity contribution is -0.111. The van der Waals surface area contributed by atoms with Crippen LogP contribution in [0.2, 0.25) is 0 Å². The topological polar surface area (TPSA) is 64.6 Å². The Morgan fingerprint density at radius 2 is 1.62 bits per heavy atom. The number of hydrogen-bond acceptors (Lipinski definition) is 4. The van der Waals surface area contributed by atoms with Crippen LogP contribution in [0, 0.1) is 0 Å². The lowest BCUT2D eigenvalue weighted by atomic mass is 10.0. The van der Waals surface area contributed by atoms with E-state index in [1.165, 1.54) is 6.08 Å². The molecule has 0 aliphatic heterocycles. The molecule has 1 amide bonds. The van der Waals surface area contributed by atoms with Gasteiger partial charge in [0.25, 0.3) is 0 Å². The number of carbonyl (C=O) groups excluding carboxylic acids is 2. The summed E-state index contributed by atoms with van der Waals surface area (Å²) in [5.41, 5.74) is 3.57. The quantitative estimate of drug-likeness (QED) is 0.466. The van der Waals surface area contributed by atoms with Crippen molar-refractivity contribution < 1.29 is 19.1 Å². The van der Waals surface area contributed by atoms with Crippen LogP contribution in [0.4, 0.5) is 5.69 Å². The summed E-state index contributed by atoms with van der Waals surface area (Å²) in [5.74, 6) is 0.851. The summed E-state index contributed by atoms with van der Waals surface area (Å²) in [6.45, 7) is 0. The molecule has 0 fully saturated rings. The first-order valence-corrected chi connectivity index (χ1v) is 9.00. The van der Waals surface area contributed by atoms with Crippen molar-refractivity contribution in [1.29, 1.82) is 0 Å². The van der Waals surface area contributed by atoms with Crippen molar-refractivity contribution in [1.82, 2.24) is 0 Å². The number of hydrogen-bond donors (Lipinski definition) is 1. The van der Waals surface area contributed by atoms with Gasteiger partial charge >= 0.3 is 0 Å². The summed E-state index contributed by atoms with van der Waals surface area (Å²) in [5, 5.41) is 2.78. The van der Waals surface area contributed by atoms with Gasteiger partial charge in [0.15, 0.2) is 17.8 Å². The summed E-state index contributed by atoms with van der Waals surface area (Å²) in [6.07, 6.45) is 3.80. The normalized spacial score (nSPS) is 10.6. The van der Waals surface area contributed by atoms with E-state index in [0.29, 0.717) is 22.7 Å². The van der Waals surface area contributed by atoms with E-state index in [1.807, 2.05) is 42.5 Å². The monoisotopic (exact) mass is 387 g/mol. The molecule has 0 bridgehead atoms. The number of aldehydes is 1. The molecule has 0 unspecified atom stereocenters. The smallest absolute Gasteiger partial charge is 0.248 e. The number of methoxy groups -OCH3 is 2. The highest BCUT2D eigenvalue weighted by molar-refractivity contribution is 6.05. The molecule has 0 aliphatic carbocycles. The SMILES string of the molecule is COc1ccc(/C=C/C(=O)Nc2cc(-c3ccccc3)ccc2C=O)cc1OC. The first-order valence-electron chi connectivity index (χ1n) is 9.00. The van der Waals surface area contributed by atoms with Crippen LogP contribution in [0.25, 0.3) is 17.2 Å². The minimum absolute atomic E-state index is 0.340. The van der Waals surface area contributed by atoms with Crippen LogP contribution in [0.15, 0.2) is 72.8 Å². The van der Waals surface area contributed by atoms with Crippen molar-refractivity contribution in [3.8, 4) is 22.6 Å². The Morgan fingerprint density at radius 1 is 0.862 bits per heavy atom. The van der Waals surface area contributed by atoms with Gasteiger partial charge < -0.3 is 14.8 Å². The fraction of sp³-hybridized carbons (Fsp3) is 0.0833. The minimum atomic E-state index is -0.340. The molecule has 1 N–H and O–H groups in total. The van der Waals surface area contributed by atoms with E-state index >= 15 is 0 Å². The van der Waals surface area contributed by atoms with Crippen LogP contribution in [0.5, 0.6) is 11.5 Å². The summed E-state index contributed by atoms with van der Waals surface area (Å²) in [4.78, 5) is 23.8. The third-order valence-electron chi connectivity index (χ3n) is 4.38. The molecule has 0 spiro atoms. The van der Waals surface area contributed by atoms with E-state index in [4.69, 9.17) is 9.47 Å². The fourth-order valence-corrected chi connectivity index (χ4v) is 2.88. The lowest BCUT2D eigenvalue weighted by Gasteiger charge is -2.09. The number of nitrogens with one attached hydrogen (secondary N) is 1. The van der Waals surface area contributed by atoms with Crippen molar-refractivity contribution in [2.45, 2.75) is 0 Å². The Balaban J connectivity index is 1.79. The molecule has 5 heteroatoms. The summed E-state index contributed by atoms with van der Waals surface area (Å²) < 4.78 is 10.5. The molecule has 0 saturated heterocycles. The predicted octanol–water partition coefficient (Wildman–Crippen LogP) is 4.84. The van der Waals surface area contributed by atoms with Gasteiger partial charge in [-0.05, 0) is 47.0 Å². The third-order valence-corrected chi connectivity index (χ3v) is 4.38. The Bertz CT molecular complexity index is 1040. The molecule has 0 saturated carbocycles. The largest absolute Gasteiger partial charge is 0.493 e. The molecule has 3 aromatic carbocycles. The van der Waals surface area contributed by atoms with Gasteiger partial charge in [0.1, 0.15) is 0 Å². The van der Waals surface area contributed by atoms with Crippen LogP contribution in [0.3, 0.4) is 0 Å². The predicted molar refractivity (Wildman–Crippen MR) is 114 cm³/mol. The van der Waals surface area contributed by atoms with E-state index in [-0.39, 0.29) is 5.91 Å². The Hall–Kier alpha value is -3.86. The highest BCUT2D eigenvalue weighted by Gasteiger charge is 2.08. The fourth-order valence-electron chi connectivity index (χ4n) is 2.88. The Kier molecular flexibility index (Phi) is 6.43. The molecular weight excluding hydrogens is 366 g/mol. The number of rotatable bonds is 7. The number of anilines is 1. The van der Waals surface area contributed by atoms with Crippen LogP contribution in [-0.2, 0) is 4.79 Å². The van der Waals surface area contributed by atoms with E-state index in [1.54, 1.807) is 44.6 Å². The van der Waals surface area contributed by atoms with E-state index in [2.05, 4.69) is 5.32 Å². The molecule has 0 aromatic heterocycles. The van der Waals surface area contributed by atoms with Crippen molar-refractivity contribution in [2.24, 2.45) is 0 Å². The van der Waals surface area contributed by atoms with Gasteiger partial charge in [-0.2, -0.15) is 0 Å². The van der Waals surface area contributed by atoms with E-state index in [0.717, 1.165) is 23.0 Å². The van der Waals surface area contributed by atoms with Gasteiger partial charge in [0.05, 0.1) is 19.9 Å². The molecule has 0 heterocycles. The maximum Gasteiger partial charge on any atom is 0.248 e. The molecule has 0 radical (unpaired) electrons. The summed E-state index contributed by atoms with van der Waals surface area (Å²) in [6, 6.07) is 20.5. The Labute approximate surface area is 169 Å². The summed E-state index contributed by atoms with van der Waals surface area (Å²) in [7, 11) is 3.12. The highest BCUT2D eigenvalue weighted by Crippen LogP contribution is 2.28. The molecular formula is C24H21NO4. The van der Waals surface area contributed by atoms with Gasteiger partial charge in [-0.15, -0.1) is 0 Å². The zero-order valence-corrected chi connectivity index (χ0v) is 16.2. The Morgan fingerprint density at radius 3 is 2.31 bits per heavy atom. The van der Waals surface area contributed by atoms with Crippen molar-refractivity contribution in [3.63, 3.8) is 0 Å². The van der Waals surface area contributed by atoms with E-state index in [9.17, 15) is 9.59 Å². The zero-order valence-electron chi connectivity index (χ0n) is 16.2. The van der Waals surface area contributed by atoms with Crippen molar-refractivity contribution >= 4 is 24.0 Å². The van der Waals surface area contributed by atoms with Gasteiger partial charge in [-0.25, -0.2) is 0 Å². The van der Waals surface area contributed by atoms with Crippen LogP contribution < -0.4 is 14.8 Å². The average Bonchev–Trinajstić information content (AvgIpc) is 2.78. The molecule has 0 aliphatic rings. The first-order chi connectivity index (χ1) is 14.1. The lowest BCUT2D eigenvalue weighted by Crippen LogP contribution is -2.09. The van der Waals surface area contributed by atoms with Gasteiger partial charge in [-0.3, -0.25) is 9.59 Å². The third kappa shape index (κ3) is 4.90. The number of benzene rings is 3. The molecule has 0 atom stereocenters. The summed E-state index contributed by atoms with van der Waals surface area (Å²) >= 11 is 0. The molecule has 3 rings (SSSR count). The van der Waals surface area contributed by atoms with E-state index < -0.39 is 0 Å². The second kappa shape index (κ2) is 9.37. The van der Waals surface area contributed by atoms with Gasteiger partial charge in [0, 0.05) is 11.6 Å². The second-order valence-electron chi connectivity index (χ2n) is 6.22. The van der Waals surface area contributed by atoms with Crippen LogP contribution >= 0.6 is 0 Å². The van der Waals surface area contributed by atoms with Crippen LogP contribution in [-0.4, -0.2) is 26.4 Å². The molecule has 146 valence electrons. The average molecular weight is 387 g/mol. The highest BCUT2D eigenvalue weighted by atomic mass is 16.5. The minimum Gasteiger partial charge on any atom is -0.493 e. The first kappa shape index (κ1) is 19.9. The van der Waals surface area contributed by atoms with Crippen LogP contribution in [0.1, 0.15) is 15.9 Å². The van der Waals surface area contributed by atoms with Gasteiger partial charge in [0.2, 0.25) is 5.91 Å².